The quantitative estimate of drug-likeness (QED) is 0.404. The molecule has 1 aromatic carbocycles. The molecule has 0 spiro atoms. The van der Waals surface area contributed by atoms with E-state index in [1.807, 2.05) is 0 Å². The van der Waals surface area contributed by atoms with Gasteiger partial charge in [-0.1, -0.05) is 0 Å². The van der Waals surface area contributed by atoms with Crippen LogP contribution in [0.4, 0.5) is 10.3 Å². The van der Waals surface area contributed by atoms with Gasteiger partial charge in [0, 0.05) is 38.1 Å². The maximum absolute atomic E-state index is 13.3. The Morgan fingerprint density at radius 1 is 0.941 bits per heavy atom. The smallest absolute Gasteiger partial charge is 0.343 e. The maximum atomic E-state index is 13.3. The molecule has 2 aliphatic heterocycles. The van der Waals surface area contributed by atoms with Crippen LogP contribution in [0.2, 0.25) is 0 Å². The summed E-state index contributed by atoms with van der Waals surface area (Å²) in [5, 5.41) is 0. The van der Waals surface area contributed by atoms with E-state index in [4.69, 9.17) is 16.7 Å². The molecule has 3 heterocycles. The van der Waals surface area contributed by atoms with Crippen molar-refractivity contribution < 1.29 is 42.8 Å². The molecule has 4 rings (SSSR count). The van der Waals surface area contributed by atoms with E-state index in [2.05, 4.69) is 9.97 Å². The number of ketones is 1. The molecule has 0 bridgehead atoms. The Balaban J connectivity index is 1.58. The Hall–Kier alpha value is -2.60. The highest BCUT2D eigenvalue weighted by Gasteiger charge is 2.79. The van der Waals surface area contributed by atoms with E-state index < -0.39 is 50.5 Å². The normalized spacial score (nSPS) is 21.3. The molecule has 0 unspecified atom stereocenters. The zero-order valence-corrected chi connectivity index (χ0v) is 19.5. The minimum atomic E-state index is -4.64. The van der Waals surface area contributed by atoms with Crippen LogP contribution >= 0.6 is 0 Å². The van der Waals surface area contributed by atoms with Crippen LogP contribution in [0.5, 0.6) is 0 Å². The fourth-order valence-electron chi connectivity index (χ4n) is 3.41. The number of Topliss-reactive ketones (excluding diaryl/α,β-unsaturated/α-hetero) is 1. The van der Waals surface area contributed by atoms with Gasteiger partial charge in [0.25, 0.3) is 5.79 Å². The number of anilines is 1. The van der Waals surface area contributed by atoms with Crippen LogP contribution in [-0.4, -0.2) is 82.8 Å². The number of nitrogens with zero attached hydrogens (tertiary/aromatic N) is 4. The van der Waals surface area contributed by atoms with E-state index in [1.165, 1.54) is 4.90 Å². The van der Waals surface area contributed by atoms with Crippen LogP contribution in [-0.2, 0) is 37.5 Å². The highest BCUT2D eigenvalue weighted by Crippen LogP contribution is 2.51. The lowest BCUT2D eigenvalue weighted by molar-refractivity contribution is -0.348. The van der Waals surface area contributed by atoms with Gasteiger partial charge in [-0.25, -0.2) is 22.7 Å². The van der Waals surface area contributed by atoms with Gasteiger partial charge < -0.3 is 4.90 Å². The molecular weight excluding hydrogens is 499 g/mol. The molecule has 0 amide bonds. The summed E-state index contributed by atoms with van der Waals surface area (Å²) in [4.78, 5) is 24.6. The van der Waals surface area contributed by atoms with Crippen LogP contribution in [0.15, 0.2) is 42.7 Å². The summed E-state index contributed by atoms with van der Waals surface area (Å²) >= 11 is 0. The molecule has 2 aliphatic rings. The topological polar surface area (TPSA) is 155 Å². The Kier molecular flexibility index (Phi) is 6.17. The second-order valence-electron chi connectivity index (χ2n) is 7.56. The lowest BCUT2D eigenvalue weighted by Crippen LogP contribution is -2.78. The van der Waals surface area contributed by atoms with Crippen molar-refractivity contribution in [2.24, 2.45) is 0 Å². The molecule has 2 saturated heterocycles. The van der Waals surface area contributed by atoms with Crippen molar-refractivity contribution in [2.75, 3.05) is 38.6 Å². The number of carbonyl (C=O) groups excluding carboxylic acids is 1. The van der Waals surface area contributed by atoms with Gasteiger partial charge in [-0.05, 0) is 37.4 Å². The molecule has 2 fully saturated rings. The molecule has 1 aromatic heterocycles. The number of rotatable bonds is 9. The van der Waals surface area contributed by atoms with Crippen molar-refractivity contribution in [3.8, 4) is 0 Å². The zero-order chi connectivity index (χ0) is 24.8. The number of halogens is 1. The summed E-state index contributed by atoms with van der Waals surface area (Å²) in [5.74, 6) is -6.66. The van der Waals surface area contributed by atoms with Gasteiger partial charge in [0.15, 0.2) is 0 Å². The van der Waals surface area contributed by atoms with Crippen LogP contribution in [0.3, 0.4) is 0 Å². The third-order valence-corrected chi connectivity index (χ3v) is 6.83. The summed E-state index contributed by atoms with van der Waals surface area (Å²) in [7, 11) is -5.92. The number of hydrogen-bond acceptors (Lipinski definition) is 13. The van der Waals surface area contributed by atoms with Gasteiger partial charge in [0.2, 0.25) is 11.7 Å². The third-order valence-electron chi connectivity index (χ3n) is 5.01. The summed E-state index contributed by atoms with van der Waals surface area (Å²) in [6.07, 6.45) is 3.13. The molecule has 0 N–H and O–H groups in total. The highest BCUT2D eigenvalue weighted by molar-refractivity contribution is 7.83. The first kappa shape index (κ1) is 24.5. The summed E-state index contributed by atoms with van der Waals surface area (Å²) in [5.41, 5.74) is -0.226. The van der Waals surface area contributed by atoms with E-state index in [0.717, 1.165) is 24.3 Å². The van der Waals surface area contributed by atoms with E-state index in [9.17, 15) is 26.0 Å². The Labute approximate surface area is 194 Å². The second-order valence-corrected chi connectivity index (χ2v) is 9.86. The average molecular weight is 519 g/mol. The van der Waals surface area contributed by atoms with Crippen molar-refractivity contribution in [1.82, 2.24) is 14.9 Å². The molecule has 13 nitrogen and oxygen atoms in total. The summed E-state index contributed by atoms with van der Waals surface area (Å²) < 4.78 is 79.7. The van der Waals surface area contributed by atoms with Gasteiger partial charge in [0.1, 0.15) is 5.82 Å². The van der Waals surface area contributed by atoms with Gasteiger partial charge in [-0.2, -0.15) is 25.2 Å². The van der Waals surface area contributed by atoms with Gasteiger partial charge >= 0.3 is 26.6 Å². The van der Waals surface area contributed by atoms with Gasteiger partial charge in [0.05, 0.1) is 6.54 Å². The minimum Gasteiger partial charge on any atom is -0.343 e. The molecule has 0 atom stereocenters. The SMILES string of the molecule is CN(CCN(C)c1ncccn1)CC1(C2(C(=O)c3ccc(F)cc3)OS(=O)(=O)O2)OS(=O)(=O)O1. The fourth-order valence-corrected chi connectivity index (χ4v) is 5.40. The maximum Gasteiger partial charge on any atom is 0.406 e. The number of benzene rings is 1. The summed E-state index contributed by atoms with van der Waals surface area (Å²) in [6.45, 7) is 0.136. The van der Waals surface area contributed by atoms with E-state index in [0.29, 0.717) is 12.5 Å². The van der Waals surface area contributed by atoms with E-state index >= 15 is 0 Å². The first-order valence-electron chi connectivity index (χ1n) is 9.66. The lowest BCUT2D eigenvalue weighted by atomic mass is 9.95. The first-order chi connectivity index (χ1) is 15.9. The molecule has 184 valence electrons. The lowest BCUT2D eigenvalue weighted by Gasteiger charge is -2.52. The molecule has 16 heteroatoms. The van der Waals surface area contributed by atoms with Crippen LogP contribution in [0, 0.1) is 5.82 Å². The van der Waals surface area contributed by atoms with E-state index in [-0.39, 0.29) is 12.1 Å². The molecule has 0 radical (unpaired) electrons. The Morgan fingerprint density at radius 3 is 2.03 bits per heavy atom. The Bertz CT molecular complexity index is 1270. The van der Waals surface area contributed by atoms with Crippen LogP contribution < -0.4 is 4.90 Å². The minimum absolute atomic E-state index is 0.226. The standard InChI is InChI=1S/C18H19FN4O9S2/c1-22(10-11-23(2)16-20-8-3-9-21-16)12-17(29-33(25,26)30-17)18(31-34(27,28)32-18)15(24)13-4-6-14(19)7-5-13/h3-9H,10-12H2,1-2H3. The monoisotopic (exact) mass is 518 g/mol. The van der Waals surface area contributed by atoms with Gasteiger partial charge in [-0.3, -0.25) is 9.69 Å². The largest absolute Gasteiger partial charge is 0.406 e. The third kappa shape index (κ3) is 4.52. The molecule has 34 heavy (non-hydrogen) atoms. The molecule has 0 aliphatic carbocycles. The van der Waals surface area contributed by atoms with Crippen molar-refractivity contribution >= 4 is 32.5 Å². The predicted molar refractivity (Wildman–Crippen MR) is 111 cm³/mol. The van der Waals surface area contributed by atoms with Crippen molar-refractivity contribution in [3.05, 3.63) is 54.1 Å². The second kappa shape index (κ2) is 8.56. The van der Waals surface area contributed by atoms with Gasteiger partial charge in [-0.15, -0.1) is 0 Å². The first-order valence-corrected chi connectivity index (χ1v) is 12.3. The number of aromatic nitrogens is 2. The van der Waals surface area contributed by atoms with Crippen LogP contribution in [0.1, 0.15) is 10.4 Å². The highest BCUT2D eigenvalue weighted by atomic mass is 32.3. The number of carbonyl (C=O) groups is 1. The molecule has 0 saturated carbocycles. The molecular formula is C18H19FN4O9S2. The molecule has 2 aromatic rings. The number of hydrogen-bond donors (Lipinski definition) is 0. The van der Waals surface area contributed by atoms with Crippen molar-refractivity contribution in [1.29, 1.82) is 0 Å². The van der Waals surface area contributed by atoms with Crippen LogP contribution in [0.25, 0.3) is 0 Å². The predicted octanol–water partition coefficient (Wildman–Crippen LogP) is -0.158. The van der Waals surface area contributed by atoms with Crippen molar-refractivity contribution in [3.63, 3.8) is 0 Å². The van der Waals surface area contributed by atoms with Crippen molar-refractivity contribution in [2.45, 2.75) is 11.6 Å². The fraction of sp³-hybridized carbons (Fsp3) is 0.389. The Morgan fingerprint density at radius 2 is 1.50 bits per heavy atom. The van der Waals surface area contributed by atoms with E-state index in [1.54, 1.807) is 37.5 Å². The summed E-state index contributed by atoms with van der Waals surface area (Å²) in [6, 6.07) is 5.66. The number of likely N-dealkylation sites (N-methyl/N-ethyl adjacent to an activating group) is 2. The zero-order valence-electron chi connectivity index (χ0n) is 17.8. The average Bonchev–Trinajstić information content (AvgIpc) is 2.74.